The molecule has 3 aromatic rings. The van der Waals surface area contributed by atoms with Crippen molar-refractivity contribution in [1.82, 2.24) is 30.2 Å². The molecule has 2 amide bonds. The Bertz CT molecular complexity index is 1180. The van der Waals surface area contributed by atoms with Gasteiger partial charge in [0, 0.05) is 25.3 Å². The van der Waals surface area contributed by atoms with Crippen molar-refractivity contribution in [2.75, 3.05) is 18.4 Å². The molecule has 0 aliphatic carbocycles. The number of carbonyl (C=O) groups is 2. The molecule has 9 nitrogen and oxygen atoms in total. The van der Waals surface area contributed by atoms with E-state index in [9.17, 15) is 22.8 Å². The Kier molecular flexibility index (Phi) is 6.31. The standard InChI is InChI=1S/C20H20F3N7O2S/c1-2-15(31)30-5-3-11(4-6-30)28-14-9-25-18-16(29-14)12(7-24-18)19(32)26-8-13-17(20(21,22)23)27-10-33-13/h2,7,9-11H,1,3-6,8H2,(H,24,25)(H,26,32)(H,28,29). The molecule has 0 atom stereocenters. The average molecular weight is 479 g/mol. The monoisotopic (exact) mass is 479 g/mol. The SMILES string of the molecule is C=CC(=O)N1CCC(Nc2cnc3[nH]cc(C(=O)NCc4scnc4C(F)(F)F)c3n2)CC1. The van der Waals surface area contributed by atoms with Crippen molar-refractivity contribution in [2.24, 2.45) is 0 Å². The molecule has 3 N–H and O–H groups in total. The van der Waals surface area contributed by atoms with Crippen molar-refractivity contribution < 1.29 is 22.8 Å². The third kappa shape index (κ3) is 4.97. The summed E-state index contributed by atoms with van der Waals surface area (Å²) in [6.07, 6.45) is 1.11. The lowest BCUT2D eigenvalue weighted by Crippen LogP contribution is -2.41. The lowest BCUT2D eigenvalue weighted by Gasteiger charge is -2.31. The number of anilines is 1. The molecule has 1 aliphatic heterocycles. The first kappa shape index (κ1) is 22.7. The molecule has 1 saturated heterocycles. The number of aromatic nitrogens is 4. The third-order valence-corrected chi connectivity index (χ3v) is 6.11. The number of likely N-dealkylation sites (tertiary alicyclic amines) is 1. The predicted octanol–water partition coefficient (Wildman–Crippen LogP) is 2.95. The second-order valence-corrected chi connectivity index (χ2v) is 8.35. The highest BCUT2D eigenvalue weighted by atomic mass is 32.1. The Hall–Kier alpha value is -3.48. The minimum Gasteiger partial charge on any atom is -0.366 e. The number of thiazole rings is 1. The van der Waals surface area contributed by atoms with Gasteiger partial charge in [-0.15, -0.1) is 11.3 Å². The minimum atomic E-state index is -4.58. The van der Waals surface area contributed by atoms with E-state index in [0.29, 0.717) is 30.1 Å². The molecular formula is C20H20F3N7O2S. The predicted molar refractivity (Wildman–Crippen MR) is 116 cm³/mol. The normalized spacial score (nSPS) is 14.9. The summed E-state index contributed by atoms with van der Waals surface area (Å²) in [5.41, 5.74) is 0.949. The lowest BCUT2D eigenvalue weighted by atomic mass is 10.1. The van der Waals surface area contributed by atoms with Crippen LogP contribution in [0.1, 0.15) is 33.8 Å². The summed E-state index contributed by atoms with van der Waals surface area (Å²) in [7, 11) is 0. The summed E-state index contributed by atoms with van der Waals surface area (Å²) < 4.78 is 38.9. The van der Waals surface area contributed by atoms with E-state index in [0.717, 1.165) is 29.7 Å². The molecule has 0 aromatic carbocycles. The third-order valence-electron chi connectivity index (χ3n) is 5.28. The highest BCUT2D eigenvalue weighted by molar-refractivity contribution is 7.09. The molecule has 0 spiro atoms. The molecule has 1 fully saturated rings. The molecule has 0 unspecified atom stereocenters. The summed E-state index contributed by atoms with van der Waals surface area (Å²) in [5.74, 6) is -0.213. The number of piperidine rings is 1. The molecule has 4 rings (SSSR count). The number of aromatic amines is 1. The number of halogens is 3. The Labute approximate surface area is 190 Å². The van der Waals surface area contributed by atoms with Crippen LogP contribution in [0.3, 0.4) is 0 Å². The van der Waals surface area contributed by atoms with Gasteiger partial charge in [-0.25, -0.2) is 15.0 Å². The highest BCUT2D eigenvalue weighted by Crippen LogP contribution is 2.32. The fourth-order valence-electron chi connectivity index (χ4n) is 3.60. The zero-order valence-electron chi connectivity index (χ0n) is 17.3. The maximum absolute atomic E-state index is 13.0. The van der Waals surface area contributed by atoms with E-state index in [4.69, 9.17) is 0 Å². The molecule has 33 heavy (non-hydrogen) atoms. The van der Waals surface area contributed by atoms with E-state index in [1.807, 2.05) is 0 Å². The van der Waals surface area contributed by atoms with Crippen molar-refractivity contribution in [3.63, 3.8) is 0 Å². The summed E-state index contributed by atoms with van der Waals surface area (Å²) in [6, 6.07) is 0.0777. The number of amides is 2. The number of nitrogens with zero attached hydrogens (tertiary/aromatic N) is 4. The average Bonchev–Trinajstić information content (AvgIpc) is 3.44. The van der Waals surface area contributed by atoms with Crippen molar-refractivity contribution >= 4 is 40.1 Å². The van der Waals surface area contributed by atoms with Gasteiger partial charge in [-0.3, -0.25) is 9.59 Å². The smallest absolute Gasteiger partial charge is 0.366 e. The number of H-pyrrole nitrogens is 1. The van der Waals surface area contributed by atoms with Crippen LogP contribution >= 0.6 is 11.3 Å². The quantitative estimate of drug-likeness (QED) is 0.468. The van der Waals surface area contributed by atoms with Crippen molar-refractivity contribution in [1.29, 1.82) is 0 Å². The van der Waals surface area contributed by atoms with E-state index in [1.54, 1.807) is 4.90 Å². The molecule has 174 valence electrons. The molecule has 0 bridgehead atoms. The Morgan fingerprint density at radius 3 is 2.76 bits per heavy atom. The van der Waals surface area contributed by atoms with Crippen LogP contribution in [0.15, 0.2) is 30.6 Å². The maximum Gasteiger partial charge on any atom is 0.434 e. The van der Waals surface area contributed by atoms with Crippen LogP contribution in [0.4, 0.5) is 19.0 Å². The first-order valence-corrected chi connectivity index (χ1v) is 10.9. The molecule has 0 radical (unpaired) electrons. The fraction of sp³-hybridized carbons (Fsp3) is 0.350. The summed E-state index contributed by atoms with van der Waals surface area (Å²) in [6.45, 7) is 4.37. The van der Waals surface area contributed by atoms with Crippen molar-refractivity contribution in [3.8, 4) is 0 Å². The van der Waals surface area contributed by atoms with Gasteiger partial charge >= 0.3 is 6.18 Å². The molecular weight excluding hydrogens is 459 g/mol. The van der Waals surface area contributed by atoms with Gasteiger partial charge in [0.2, 0.25) is 5.91 Å². The van der Waals surface area contributed by atoms with Crippen molar-refractivity contribution in [3.05, 3.63) is 46.7 Å². The van der Waals surface area contributed by atoms with Crippen LogP contribution in [-0.2, 0) is 17.5 Å². The van der Waals surface area contributed by atoms with Crippen LogP contribution in [-0.4, -0.2) is 55.8 Å². The molecule has 13 heteroatoms. The van der Waals surface area contributed by atoms with Gasteiger partial charge in [-0.2, -0.15) is 13.2 Å². The number of alkyl halides is 3. The summed E-state index contributed by atoms with van der Waals surface area (Å²) >= 11 is 0.823. The van der Waals surface area contributed by atoms with Gasteiger partial charge in [-0.1, -0.05) is 6.58 Å². The van der Waals surface area contributed by atoms with Crippen LogP contribution in [0.2, 0.25) is 0 Å². The summed E-state index contributed by atoms with van der Waals surface area (Å²) in [5, 5.41) is 5.76. The zero-order chi connectivity index (χ0) is 23.6. The van der Waals surface area contributed by atoms with Gasteiger partial charge in [0.1, 0.15) is 11.3 Å². The fourth-order valence-corrected chi connectivity index (χ4v) is 4.32. The van der Waals surface area contributed by atoms with E-state index in [2.05, 4.69) is 37.1 Å². The van der Waals surface area contributed by atoms with E-state index < -0.39 is 17.8 Å². The molecule has 4 heterocycles. The van der Waals surface area contributed by atoms with Crippen LogP contribution < -0.4 is 10.6 Å². The molecule has 3 aromatic heterocycles. The van der Waals surface area contributed by atoms with Crippen molar-refractivity contribution in [2.45, 2.75) is 31.6 Å². The number of nitrogens with one attached hydrogen (secondary N) is 3. The molecule has 0 saturated carbocycles. The zero-order valence-corrected chi connectivity index (χ0v) is 18.1. The first-order chi connectivity index (χ1) is 15.8. The Morgan fingerprint density at radius 1 is 1.30 bits per heavy atom. The van der Waals surface area contributed by atoms with Crippen LogP contribution in [0.5, 0.6) is 0 Å². The maximum atomic E-state index is 13.0. The van der Waals surface area contributed by atoms with Gasteiger partial charge in [0.15, 0.2) is 11.3 Å². The number of fused-ring (bicyclic) bond motifs is 1. The van der Waals surface area contributed by atoms with E-state index in [1.165, 1.54) is 18.5 Å². The topological polar surface area (TPSA) is 116 Å². The highest BCUT2D eigenvalue weighted by Gasteiger charge is 2.36. The Balaban J connectivity index is 1.43. The van der Waals surface area contributed by atoms with Crippen LogP contribution in [0.25, 0.3) is 11.2 Å². The van der Waals surface area contributed by atoms with Gasteiger partial charge in [-0.05, 0) is 18.9 Å². The van der Waals surface area contributed by atoms with Gasteiger partial charge in [0.25, 0.3) is 5.91 Å². The number of carbonyl (C=O) groups excluding carboxylic acids is 2. The van der Waals surface area contributed by atoms with Gasteiger partial charge < -0.3 is 20.5 Å². The first-order valence-electron chi connectivity index (χ1n) is 10.1. The van der Waals surface area contributed by atoms with E-state index >= 15 is 0 Å². The van der Waals surface area contributed by atoms with E-state index in [-0.39, 0.29) is 28.9 Å². The minimum absolute atomic E-state index is 0.0777. The van der Waals surface area contributed by atoms with Gasteiger partial charge in [0.05, 0.1) is 28.7 Å². The van der Waals surface area contributed by atoms with Crippen LogP contribution in [0, 0.1) is 0 Å². The second-order valence-electron chi connectivity index (χ2n) is 7.41. The molecule has 1 aliphatic rings. The number of hydrogen-bond acceptors (Lipinski definition) is 7. The number of rotatable bonds is 6. The summed E-state index contributed by atoms with van der Waals surface area (Å²) in [4.78, 5) is 40.9. The second kappa shape index (κ2) is 9.17. The Morgan fingerprint density at radius 2 is 2.06 bits per heavy atom. The largest absolute Gasteiger partial charge is 0.434 e. The number of hydrogen-bond donors (Lipinski definition) is 3. The lowest BCUT2D eigenvalue weighted by molar-refractivity contribution is -0.141.